The van der Waals surface area contributed by atoms with E-state index in [1.807, 2.05) is 135 Å². The molecule has 10 rings (SSSR count). The van der Waals surface area contributed by atoms with Crippen LogP contribution in [0.3, 0.4) is 0 Å². The maximum atomic E-state index is 12.9. The number of carbonyl (C=O) groups is 4. The van der Waals surface area contributed by atoms with Crippen LogP contribution < -0.4 is 32.3 Å². The number of nitrogens with two attached hydrogens (primary N) is 1. The van der Waals surface area contributed by atoms with Gasteiger partial charge in [0.05, 0.1) is 10.0 Å². The van der Waals surface area contributed by atoms with Crippen LogP contribution >= 0.6 is 50.7 Å². The Hall–Kier alpha value is -9.03. The summed E-state index contributed by atoms with van der Waals surface area (Å²) in [4.78, 5) is 64.7. The number of alkyl halides is 1. The predicted molar refractivity (Wildman–Crippen MR) is 336 cm³/mol. The highest BCUT2D eigenvalue weighted by molar-refractivity contribution is 9.09. The minimum Gasteiger partial charge on any atom is -0.399 e. The molecule has 3 amide bonds. The third-order valence-electron chi connectivity index (χ3n) is 11.9. The average Bonchev–Trinajstić information content (AvgIpc) is 4.35. The number of amides is 3. The minimum atomic E-state index is -0.431. The van der Waals surface area contributed by atoms with Gasteiger partial charge in [-0.3, -0.25) is 19.2 Å². The number of hydrogen-bond donors (Lipinski definition) is 8. The Morgan fingerprint density at radius 2 is 1.02 bits per heavy atom. The molecule has 0 aliphatic heterocycles. The van der Waals surface area contributed by atoms with Crippen molar-refractivity contribution in [3.63, 3.8) is 0 Å². The predicted octanol–water partition coefficient (Wildman–Crippen LogP) is 15.1. The van der Waals surface area contributed by atoms with E-state index >= 15 is 0 Å². The highest BCUT2D eigenvalue weighted by atomic mass is 79.9. The highest BCUT2D eigenvalue weighted by Gasteiger charge is 2.15. The molecule has 0 atom stereocenters. The minimum absolute atomic E-state index is 0.210. The number of carbonyl (C=O) groups excluding carboxylic acids is 4. The smallest absolute Gasteiger partial charge is 0.255 e. The molecule has 4 aromatic heterocycles. The first-order valence-corrected chi connectivity index (χ1v) is 27.3. The van der Waals surface area contributed by atoms with Crippen LogP contribution in [0.2, 0.25) is 10.0 Å². The molecule has 0 bridgehead atoms. The van der Waals surface area contributed by atoms with Gasteiger partial charge in [0.2, 0.25) is 11.1 Å². The molecule has 0 saturated carbocycles. The number of likely N-dealkylation sites (N-methyl/N-ethyl adjacent to an activating group) is 1. The molecule has 4 heterocycles. The van der Waals surface area contributed by atoms with Gasteiger partial charge in [-0.25, -0.2) is 9.97 Å². The zero-order valence-corrected chi connectivity index (χ0v) is 47.5. The SMILES string of the molecule is CN(C)C/C=C/C(=O)Nc1ccc(C(=O)Nc2cccc(Nc3cc(-c4c[nH]c5ccccc45)c(Cl)cn3)c2)cc1.Nc1ccc(C(=O)Nc2cccc(Nc3cc(-c4c[nH]c5ccccc45)c(Cl)cn3)c2)cc1.O=C(Cl)/C=C/CBr. The van der Waals surface area contributed by atoms with Crippen molar-refractivity contribution >= 4 is 141 Å². The number of anilines is 8. The first-order chi connectivity index (χ1) is 39.2. The number of para-hydroxylation sites is 2. The molecule has 0 fully saturated rings. The molecule has 408 valence electrons. The summed E-state index contributed by atoms with van der Waals surface area (Å²) in [6.45, 7) is 0.672. The average molecular weight is 1200 g/mol. The second-order valence-corrected chi connectivity index (χ2v) is 20.0. The van der Waals surface area contributed by atoms with Crippen molar-refractivity contribution in [1.82, 2.24) is 24.8 Å². The number of pyridine rings is 2. The van der Waals surface area contributed by atoms with Crippen LogP contribution in [0.5, 0.6) is 0 Å². The number of hydrogen-bond acceptors (Lipinski definition) is 10. The first kappa shape index (κ1) is 58.1. The van der Waals surface area contributed by atoms with E-state index in [1.165, 1.54) is 12.2 Å². The number of fused-ring (bicyclic) bond motifs is 2. The Balaban J connectivity index is 0.000000193. The molecule has 0 saturated heterocycles. The molecule has 0 radical (unpaired) electrons. The van der Waals surface area contributed by atoms with Gasteiger partial charge < -0.3 is 47.2 Å². The number of benzene rings is 6. The summed E-state index contributed by atoms with van der Waals surface area (Å²) in [6, 6.07) is 48.2. The molecule has 9 N–H and O–H groups in total. The number of aromatic amines is 2. The summed E-state index contributed by atoms with van der Waals surface area (Å²) in [7, 11) is 3.86. The topological polar surface area (TPSA) is 215 Å². The molecule has 0 unspecified atom stereocenters. The van der Waals surface area contributed by atoms with Gasteiger partial charge in [-0.05, 0) is 141 Å². The largest absolute Gasteiger partial charge is 0.399 e. The second kappa shape index (κ2) is 28.2. The molecule has 6 aromatic carbocycles. The van der Waals surface area contributed by atoms with Crippen molar-refractivity contribution in [3.05, 3.63) is 228 Å². The fraction of sp³-hybridized carbons (Fsp3) is 0.0645. The van der Waals surface area contributed by atoms with E-state index in [1.54, 1.807) is 73.1 Å². The van der Waals surface area contributed by atoms with Crippen molar-refractivity contribution in [2.75, 3.05) is 58.3 Å². The number of nitrogen functional groups attached to an aromatic ring is 1. The van der Waals surface area contributed by atoms with E-state index in [4.69, 9.17) is 40.5 Å². The third kappa shape index (κ3) is 16.5. The number of nitrogens with zero attached hydrogens (tertiary/aromatic N) is 3. The summed E-state index contributed by atoms with van der Waals surface area (Å²) in [5, 5.41) is 18.7. The zero-order valence-electron chi connectivity index (χ0n) is 43.6. The van der Waals surface area contributed by atoms with E-state index < -0.39 is 5.24 Å². The number of nitrogens with one attached hydrogen (secondary N) is 7. The quantitative estimate of drug-likeness (QED) is 0.0198. The zero-order chi connectivity index (χ0) is 57.3. The van der Waals surface area contributed by atoms with Crippen LogP contribution in [0.4, 0.5) is 45.8 Å². The highest BCUT2D eigenvalue weighted by Crippen LogP contribution is 2.37. The van der Waals surface area contributed by atoms with E-state index in [9.17, 15) is 19.2 Å². The maximum absolute atomic E-state index is 12.9. The number of rotatable bonds is 16. The molecule has 0 spiro atoms. The number of halogens is 4. The van der Waals surface area contributed by atoms with Crippen LogP contribution in [-0.4, -0.2) is 73.8 Å². The van der Waals surface area contributed by atoms with Crippen LogP contribution in [0.1, 0.15) is 20.7 Å². The van der Waals surface area contributed by atoms with Gasteiger partial charge in [-0.1, -0.05) is 99.8 Å². The van der Waals surface area contributed by atoms with Crippen LogP contribution in [0.25, 0.3) is 44.1 Å². The number of H-pyrrole nitrogens is 2. The van der Waals surface area contributed by atoms with Gasteiger partial charge >= 0.3 is 0 Å². The van der Waals surface area contributed by atoms with Gasteiger partial charge in [0, 0.05) is 132 Å². The Morgan fingerprint density at radius 3 is 1.48 bits per heavy atom. The maximum Gasteiger partial charge on any atom is 0.255 e. The van der Waals surface area contributed by atoms with E-state index in [2.05, 4.69) is 68.5 Å². The van der Waals surface area contributed by atoms with Gasteiger partial charge in [0.1, 0.15) is 11.6 Å². The lowest BCUT2D eigenvalue weighted by atomic mass is 10.1. The monoisotopic (exact) mass is 1200 g/mol. The normalized spacial score (nSPS) is 11.0. The molecule has 0 aliphatic carbocycles. The van der Waals surface area contributed by atoms with Gasteiger partial charge in [0.25, 0.3) is 11.8 Å². The fourth-order valence-corrected chi connectivity index (χ4v) is 8.78. The standard InChI is InChI=1S/C32H29ClN6O2.C26H20ClN5O.C4H4BrClO/c1-39(2)16-6-11-31(40)37-22-14-12-21(13-15-22)32(41)38-24-8-5-7-23(17-24)36-30-18-26(28(33)20-35-30)27-19-34-29-10-4-3-9-25(27)29;27-23-15-30-25(13-21(23)22-14-29-24-7-2-1-6-20(22)24)31-18-4-3-5-19(12-18)32-26(33)16-8-10-17(28)11-9-16;5-3-1-2-4(6)7/h3-15,17-20,34H,16H2,1-2H3,(H,35,36)(H,37,40)(H,38,41);1-15,29H,28H2,(H,30,31)(H,32,33);1-2H,3H2/b11-6+;;2-1+. The van der Waals surface area contributed by atoms with Crippen molar-refractivity contribution in [3.8, 4) is 22.3 Å². The Kier molecular flexibility index (Phi) is 20.2. The van der Waals surface area contributed by atoms with Gasteiger partial charge in [-0.15, -0.1) is 0 Å². The molecule has 15 nitrogen and oxygen atoms in total. The molecule has 81 heavy (non-hydrogen) atoms. The van der Waals surface area contributed by atoms with Crippen molar-refractivity contribution < 1.29 is 19.2 Å². The molecule has 10 aromatic rings. The van der Waals surface area contributed by atoms with Crippen LogP contribution in [-0.2, 0) is 9.59 Å². The van der Waals surface area contributed by atoms with E-state index in [0.717, 1.165) is 55.4 Å². The summed E-state index contributed by atoms with van der Waals surface area (Å²) in [5.41, 5.74) is 16.5. The lowest BCUT2D eigenvalue weighted by molar-refractivity contribution is -0.112. The van der Waals surface area contributed by atoms with Gasteiger partial charge in [-0.2, -0.15) is 0 Å². The van der Waals surface area contributed by atoms with Crippen molar-refractivity contribution in [2.24, 2.45) is 0 Å². The van der Waals surface area contributed by atoms with Crippen molar-refractivity contribution in [2.45, 2.75) is 0 Å². The van der Waals surface area contributed by atoms with E-state index in [-0.39, 0.29) is 17.7 Å². The third-order valence-corrected chi connectivity index (χ3v) is 13.0. The van der Waals surface area contributed by atoms with E-state index in [0.29, 0.717) is 67.4 Å². The first-order valence-electron chi connectivity index (χ1n) is 25.0. The molecule has 19 heteroatoms. The molecule has 0 aliphatic rings. The Labute approximate surface area is 490 Å². The number of allylic oxidation sites excluding steroid dienone is 2. The molecular formula is C62H53BrCl3N11O4. The van der Waals surface area contributed by atoms with Gasteiger partial charge in [0.15, 0.2) is 0 Å². The number of aromatic nitrogens is 4. The summed E-state index contributed by atoms with van der Waals surface area (Å²) < 4.78 is 0. The van der Waals surface area contributed by atoms with Crippen molar-refractivity contribution in [1.29, 1.82) is 0 Å². The summed E-state index contributed by atoms with van der Waals surface area (Å²) >= 11 is 21.0. The lowest BCUT2D eigenvalue weighted by Gasteiger charge is -2.11. The van der Waals surface area contributed by atoms with Crippen LogP contribution in [0.15, 0.2) is 207 Å². The second-order valence-electron chi connectivity index (χ2n) is 18.1. The molecular weight excluding hydrogens is 1150 g/mol. The summed E-state index contributed by atoms with van der Waals surface area (Å²) in [6.07, 6.45) is 13.4. The van der Waals surface area contributed by atoms with Crippen LogP contribution in [0, 0.1) is 0 Å². The summed E-state index contributed by atoms with van der Waals surface area (Å²) in [5.74, 6) is 0.557. The Morgan fingerprint density at radius 1 is 0.556 bits per heavy atom. The Bertz CT molecular complexity index is 3900. The fourth-order valence-electron chi connectivity index (χ4n) is 8.10. The lowest BCUT2D eigenvalue weighted by Crippen LogP contribution is -2.13.